The van der Waals surface area contributed by atoms with Crippen molar-refractivity contribution in [2.45, 2.75) is 235 Å². The van der Waals surface area contributed by atoms with E-state index in [0.29, 0.717) is 13.0 Å². The number of hydrogen-bond acceptors (Lipinski definition) is 14. The van der Waals surface area contributed by atoms with Crippen molar-refractivity contribution in [2.24, 2.45) is 0 Å². The van der Waals surface area contributed by atoms with E-state index in [1.807, 2.05) is 0 Å². The van der Waals surface area contributed by atoms with Gasteiger partial charge in [-0.15, -0.1) is 0 Å². The highest BCUT2D eigenvalue weighted by Crippen LogP contribution is 2.26. The van der Waals surface area contributed by atoms with E-state index in [-0.39, 0.29) is 25.6 Å². The molecule has 0 amide bonds. The van der Waals surface area contributed by atoms with Crippen molar-refractivity contribution in [1.29, 1.82) is 0 Å². The maximum absolute atomic E-state index is 13.0. The fraction of sp³-hybridized carbons (Fsp3) is 0.857. The monoisotopic (exact) mass is 901 g/mol. The number of hydrogen-bond donors (Lipinski definition) is 7. The molecule has 2 aliphatic heterocycles. The molecule has 0 saturated carbocycles. The van der Waals surface area contributed by atoms with Crippen LogP contribution >= 0.6 is 0 Å². The Morgan fingerprint density at radius 3 is 1.62 bits per heavy atom. The summed E-state index contributed by atoms with van der Waals surface area (Å²) in [5, 5.41) is 72.0. The molecule has 2 aliphatic rings. The quantitative estimate of drug-likeness (QED) is 0.0197. The van der Waals surface area contributed by atoms with Crippen LogP contribution < -0.4 is 0 Å². The topological polar surface area (TPSA) is 214 Å². The van der Waals surface area contributed by atoms with Crippen LogP contribution in [0.25, 0.3) is 0 Å². The summed E-state index contributed by atoms with van der Waals surface area (Å²) in [6.07, 6.45) is 23.5. The first-order valence-corrected chi connectivity index (χ1v) is 24.6. The fourth-order valence-corrected chi connectivity index (χ4v) is 7.65. The molecular weight excluding hydrogens is 813 g/mol. The van der Waals surface area contributed by atoms with E-state index in [9.17, 15) is 40.5 Å². The van der Waals surface area contributed by atoms with E-state index in [1.54, 1.807) is 0 Å². The van der Waals surface area contributed by atoms with E-state index in [2.05, 4.69) is 50.3 Å². The summed E-state index contributed by atoms with van der Waals surface area (Å²) in [6, 6.07) is 0. The summed E-state index contributed by atoms with van der Waals surface area (Å²) in [6.45, 7) is 3.54. The number of aliphatic hydroxyl groups excluding tert-OH is 7. The molecule has 11 unspecified atom stereocenters. The lowest BCUT2D eigenvalue weighted by molar-refractivity contribution is -0.332. The molecule has 14 heteroatoms. The molecule has 63 heavy (non-hydrogen) atoms. The Balaban J connectivity index is 1.79. The number of allylic oxidation sites excluding steroid dienone is 6. The SMILES string of the molecule is CC/C=C\C/C=C\C/C=C\CCCCCCCCOCC(COC1OC(COC2OC(CO)C(O)C(O)C2O)C(O)C(O)C1O)OC(=O)CCCCCCCCCCCCCCC. The van der Waals surface area contributed by atoms with Gasteiger partial charge in [-0.1, -0.05) is 153 Å². The first-order chi connectivity index (χ1) is 30.6. The van der Waals surface area contributed by atoms with Gasteiger partial charge in [-0.25, -0.2) is 0 Å². The average Bonchev–Trinajstić information content (AvgIpc) is 3.28. The van der Waals surface area contributed by atoms with Crippen LogP contribution in [0.3, 0.4) is 0 Å². The van der Waals surface area contributed by atoms with Crippen molar-refractivity contribution < 1.29 is 69.0 Å². The number of ether oxygens (including phenoxy) is 6. The average molecular weight is 901 g/mol. The summed E-state index contributed by atoms with van der Waals surface area (Å²) in [5.74, 6) is -0.382. The van der Waals surface area contributed by atoms with E-state index >= 15 is 0 Å². The van der Waals surface area contributed by atoms with Crippen LogP contribution in [0.2, 0.25) is 0 Å². The first kappa shape index (κ1) is 57.3. The van der Waals surface area contributed by atoms with Gasteiger partial charge in [0, 0.05) is 13.0 Å². The van der Waals surface area contributed by atoms with Crippen molar-refractivity contribution in [2.75, 3.05) is 33.0 Å². The van der Waals surface area contributed by atoms with Crippen LogP contribution in [0.4, 0.5) is 0 Å². The number of aliphatic hydroxyl groups is 7. The molecule has 0 spiro atoms. The zero-order chi connectivity index (χ0) is 45.9. The Hall–Kier alpha value is -1.79. The molecule has 0 aromatic rings. The number of esters is 1. The van der Waals surface area contributed by atoms with Crippen LogP contribution in [-0.4, -0.2) is 142 Å². The molecule has 2 rings (SSSR count). The molecule has 14 nitrogen and oxygen atoms in total. The van der Waals surface area contributed by atoms with E-state index in [4.69, 9.17) is 28.4 Å². The van der Waals surface area contributed by atoms with Gasteiger partial charge in [0.15, 0.2) is 12.6 Å². The zero-order valence-corrected chi connectivity index (χ0v) is 38.8. The number of unbranched alkanes of at least 4 members (excludes halogenated alkanes) is 18. The van der Waals surface area contributed by atoms with Gasteiger partial charge >= 0.3 is 5.97 Å². The Labute approximate surface area is 379 Å². The van der Waals surface area contributed by atoms with E-state index < -0.39 is 80.7 Å². The van der Waals surface area contributed by atoms with Gasteiger partial charge in [-0.2, -0.15) is 0 Å². The summed E-state index contributed by atoms with van der Waals surface area (Å²) >= 11 is 0. The van der Waals surface area contributed by atoms with Crippen LogP contribution in [0.15, 0.2) is 36.5 Å². The Morgan fingerprint density at radius 2 is 1.03 bits per heavy atom. The Morgan fingerprint density at radius 1 is 0.540 bits per heavy atom. The molecule has 368 valence electrons. The first-order valence-electron chi connectivity index (χ1n) is 24.6. The molecule has 2 heterocycles. The largest absolute Gasteiger partial charge is 0.457 e. The second-order valence-electron chi connectivity index (χ2n) is 17.3. The maximum Gasteiger partial charge on any atom is 0.306 e. The summed E-state index contributed by atoms with van der Waals surface area (Å²) in [5.41, 5.74) is 0. The van der Waals surface area contributed by atoms with Gasteiger partial charge in [0.2, 0.25) is 0 Å². The van der Waals surface area contributed by atoms with Crippen LogP contribution in [0, 0.1) is 0 Å². The third kappa shape index (κ3) is 25.6. The van der Waals surface area contributed by atoms with Crippen molar-refractivity contribution in [3.63, 3.8) is 0 Å². The van der Waals surface area contributed by atoms with Gasteiger partial charge in [0.1, 0.15) is 54.9 Å². The highest BCUT2D eigenvalue weighted by atomic mass is 16.7. The molecule has 0 aromatic carbocycles. The lowest BCUT2D eigenvalue weighted by Crippen LogP contribution is -2.61. The molecule has 0 aliphatic carbocycles. The van der Waals surface area contributed by atoms with Crippen molar-refractivity contribution in [3.05, 3.63) is 36.5 Å². The number of rotatable bonds is 38. The predicted octanol–water partition coefficient (Wildman–Crippen LogP) is 6.63. The van der Waals surface area contributed by atoms with Gasteiger partial charge < -0.3 is 64.2 Å². The fourth-order valence-electron chi connectivity index (χ4n) is 7.65. The minimum atomic E-state index is -1.71. The van der Waals surface area contributed by atoms with Gasteiger partial charge in [-0.05, 0) is 44.9 Å². The minimum Gasteiger partial charge on any atom is -0.457 e. The second-order valence-corrected chi connectivity index (χ2v) is 17.3. The standard InChI is InChI=1S/C49H88O14/c1-3-5-7-9-11-13-15-17-18-19-21-23-25-27-29-31-33-58-35-38(61-41(51)32-30-28-26-24-22-20-16-14-12-10-8-6-4-2)36-59-48-47(57)45(55)43(53)40(63-48)37-60-49-46(56)44(54)42(52)39(34-50)62-49/h5,7,11,13,17-18,38-40,42-50,52-57H,3-4,6,8-10,12,14-16,19-37H2,1-2H3/b7-5-,13-11-,18-17-. The maximum atomic E-state index is 13.0. The number of carbonyl (C=O) groups is 1. The lowest BCUT2D eigenvalue weighted by atomic mass is 9.98. The van der Waals surface area contributed by atoms with Crippen LogP contribution in [-0.2, 0) is 33.2 Å². The van der Waals surface area contributed by atoms with Crippen molar-refractivity contribution in [3.8, 4) is 0 Å². The highest BCUT2D eigenvalue weighted by molar-refractivity contribution is 5.69. The molecule has 0 bridgehead atoms. The molecule has 2 fully saturated rings. The normalized spacial score (nSPS) is 27.3. The van der Waals surface area contributed by atoms with Gasteiger partial charge in [0.25, 0.3) is 0 Å². The van der Waals surface area contributed by atoms with Crippen LogP contribution in [0.1, 0.15) is 168 Å². The zero-order valence-electron chi connectivity index (χ0n) is 38.8. The lowest BCUT2D eigenvalue weighted by Gasteiger charge is -2.42. The summed E-state index contributed by atoms with van der Waals surface area (Å²) in [4.78, 5) is 13.0. The second kappa shape index (κ2) is 37.3. The molecule has 0 radical (unpaired) electrons. The number of carbonyl (C=O) groups excluding carboxylic acids is 1. The van der Waals surface area contributed by atoms with Gasteiger partial charge in [-0.3, -0.25) is 4.79 Å². The molecular formula is C49H88O14. The van der Waals surface area contributed by atoms with Crippen LogP contribution in [0.5, 0.6) is 0 Å². The van der Waals surface area contributed by atoms with Crippen molar-refractivity contribution >= 4 is 5.97 Å². The molecule has 0 aromatic heterocycles. The predicted molar refractivity (Wildman–Crippen MR) is 243 cm³/mol. The Bertz CT molecular complexity index is 1180. The van der Waals surface area contributed by atoms with Crippen molar-refractivity contribution in [1.82, 2.24) is 0 Å². The smallest absolute Gasteiger partial charge is 0.306 e. The summed E-state index contributed by atoms with van der Waals surface area (Å²) < 4.78 is 34.2. The molecule has 11 atom stereocenters. The van der Waals surface area contributed by atoms with E-state index in [0.717, 1.165) is 70.6 Å². The highest BCUT2D eigenvalue weighted by Gasteiger charge is 2.47. The third-order valence-electron chi connectivity index (χ3n) is 11.7. The van der Waals surface area contributed by atoms with Gasteiger partial charge in [0.05, 0.1) is 26.4 Å². The molecule has 2 saturated heterocycles. The summed E-state index contributed by atoms with van der Waals surface area (Å²) in [7, 11) is 0. The Kier molecular flexibility index (Phi) is 34.0. The third-order valence-corrected chi connectivity index (χ3v) is 11.7. The van der Waals surface area contributed by atoms with E-state index in [1.165, 1.54) is 70.6 Å². The molecule has 7 N–H and O–H groups in total. The minimum absolute atomic E-state index is 0.0545.